The number of hydrogen-bond donors (Lipinski definition) is 0. The van der Waals surface area contributed by atoms with Gasteiger partial charge in [-0.1, -0.05) is 29.8 Å². The highest BCUT2D eigenvalue weighted by atomic mass is 127. The smallest absolute Gasteiger partial charge is 0.339 e. The van der Waals surface area contributed by atoms with Gasteiger partial charge in [-0.05, 0) is 53.8 Å². The Morgan fingerprint density at radius 1 is 1.09 bits per heavy atom. The predicted octanol–water partition coefficient (Wildman–Crippen LogP) is 4.57. The Bertz CT molecular complexity index is 811. The normalized spacial score (nSPS) is 11.1. The molecule has 0 amide bonds. The van der Waals surface area contributed by atoms with Crippen LogP contribution >= 0.6 is 22.6 Å². The molecule has 0 saturated heterocycles. The van der Waals surface area contributed by atoms with Gasteiger partial charge in [0.05, 0.1) is 0 Å². The molecule has 2 rings (SSSR count). The van der Waals surface area contributed by atoms with Crippen LogP contribution < -0.4 is 0 Å². The van der Waals surface area contributed by atoms with Crippen LogP contribution in [0.2, 0.25) is 0 Å². The minimum atomic E-state index is -4.32. The summed E-state index contributed by atoms with van der Waals surface area (Å²) in [6, 6.07) is 11.8. The molecule has 0 N–H and O–H groups in total. The van der Waals surface area contributed by atoms with E-state index in [9.17, 15) is 17.2 Å². The fourth-order valence-corrected chi connectivity index (χ4v) is 3.17. The first-order valence-electron chi connectivity index (χ1n) is 6.12. The Balaban J connectivity index is 2.41. The van der Waals surface area contributed by atoms with Crippen LogP contribution in [0.5, 0.6) is 0 Å². The van der Waals surface area contributed by atoms with E-state index in [2.05, 4.69) is 4.18 Å². The molecule has 22 heavy (non-hydrogen) atoms. The lowest BCUT2D eigenvalue weighted by molar-refractivity contribution is 0.381. The van der Waals surface area contributed by atoms with E-state index in [-0.39, 0.29) is 10.5 Å². The van der Waals surface area contributed by atoms with Gasteiger partial charge in [0.15, 0.2) is 0 Å². The van der Waals surface area contributed by atoms with Gasteiger partial charge in [0.2, 0.25) is 5.76 Å². The van der Waals surface area contributed by atoms with E-state index in [1.165, 1.54) is 24.3 Å². The van der Waals surface area contributed by atoms with Gasteiger partial charge in [0, 0.05) is 9.13 Å². The topological polar surface area (TPSA) is 43.4 Å². The minimum Gasteiger partial charge on any atom is -0.373 e. The largest absolute Gasteiger partial charge is 0.373 e. The van der Waals surface area contributed by atoms with Crippen LogP contribution in [0.25, 0.3) is 5.76 Å². The highest BCUT2D eigenvalue weighted by Gasteiger charge is 2.22. The van der Waals surface area contributed by atoms with Crippen molar-refractivity contribution in [3.8, 4) is 0 Å². The average Bonchev–Trinajstić information content (AvgIpc) is 2.45. The van der Waals surface area contributed by atoms with Crippen LogP contribution in [0.3, 0.4) is 0 Å². The van der Waals surface area contributed by atoms with Crippen LogP contribution in [0.1, 0.15) is 11.1 Å². The maximum Gasteiger partial charge on any atom is 0.339 e. The van der Waals surface area contributed by atoms with Gasteiger partial charge in [-0.15, -0.1) is 0 Å². The predicted molar refractivity (Wildman–Crippen MR) is 87.7 cm³/mol. The van der Waals surface area contributed by atoms with Gasteiger partial charge in [-0.2, -0.15) is 17.2 Å². The van der Waals surface area contributed by atoms with Crippen molar-refractivity contribution in [3.05, 3.63) is 69.3 Å². The average molecular weight is 436 g/mol. The number of hydrogen-bond acceptors (Lipinski definition) is 3. The van der Waals surface area contributed by atoms with Crippen molar-refractivity contribution in [2.24, 2.45) is 0 Å². The van der Waals surface area contributed by atoms with Crippen molar-refractivity contribution in [1.82, 2.24) is 0 Å². The Morgan fingerprint density at radius 2 is 1.73 bits per heavy atom. The Hall–Kier alpha value is -1.48. The molecule has 0 aliphatic carbocycles. The van der Waals surface area contributed by atoms with Gasteiger partial charge in [0.25, 0.3) is 0 Å². The third kappa shape index (κ3) is 4.04. The summed E-state index contributed by atoms with van der Waals surface area (Å²) in [6.45, 7) is 1.79. The third-order valence-electron chi connectivity index (χ3n) is 2.76. The zero-order valence-corrected chi connectivity index (χ0v) is 14.4. The van der Waals surface area contributed by atoms with Crippen LogP contribution in [0.15, 0.2) is 59.5 Å². The van der Waals surface area contributed by atoms with E-state index < -0.39 is 22.0 Å². The molecule has 7 heteroatoms. The van der Waals surface area contributed by atoms with Crippen molar-refractivity contribution in [2.75, 3.05) is 0 Å². The Kier molecular flexibility index (Phi) is 5.17. The van der Waals surface area contributed by atoms with Crippen molar-refractivity contribution in [3.63, 3.8) is 0 Å². The van der Waals surface area contributed by atoms with Gasteiger partial charge in [-0.3, -0.25) is 0 Å². The lowest BCUT2D eigenvalue weighted by Crippen LogP contribution is -2.07. The van der Waals surface area contributed by atoms with Crippen LogP contribution in [-0.2, 0) is 14.3 Å². The van der Waals surface area contributed by atoms with E-state index in [0.717, 1.165) is 5.56 Å². The molecule has 0 aromatic heterocycles. The first-order valence-corrected chi connectivity index (χ1v) is 8.60. The van der Waals surface area contributed by atoms with Crippen molar-refractivity contribution < 1.29 is 21.4 Å². The highest BCUT2D eigenvalue weighted by molar-refractivity contribution is 14.1. The second-order valence-electron chi connectivity index (χ2n) is 4.45. The molecule has 2 aromatic carbocycles. The SMILES string of the molecule is Cc1ccc(S(=O)(=O)OC(=C(F)F)c2cccc(I)c2)cc1. The lowest BCUT2D eigenvalue weighted by Gasteiger charge is -2.10. The fourth-order valence-electron chi connectivity index (χ4n) is 1.68. The summed E-state index contributed by atoms with van der Waals surface area (Å²) >= 11 is 1.94. The van der Waals surface area contributed by atoms with Gasteiger partial charge < -0.3 is 4.18 Å². The molecule has 0 atom stereocenters. The van der Waals surface area contributed by atoms with Crippen LogP contribution in [-0.4, -0.2) is 8.42 Å². The Morgan fingerprint density at radius 3 is 2.27 bits per heavy atom. The van der Waals surface area contributed by atoms with E-state index in [0.29, 0.717) is 3.57 Å². The van der Waals surface area contributed by atoms with Crippen molar-refractivity contribution in [2.45, 2.75) is 11.8 Å². The molecule has 116 valence electrons. The number of aryl methyl sites for hydroxylation is 1. The quantitative estimate of drug-likeness (QED) is 0.401. The zero-order chi connectivity index (χ0) is 16.3. The summed E-state index contributed by atoms with van der Waals surface area (Å²) in [7, 11) is -4.32. The summed E-state index contributed by atoms with van der Waals surface area (Å²) in [5.74, 6) is -0.959. The lowest BCUT2D eigenvalue weighted by atomic mass is 10.2. The summed E-state index contributed by atoms with van der Waals surface area (Å²) in [5.41, 5.74) is 0.853. The van der Waals surface area contributed by atoms with E-state index >= 15 is 0 Å². The Labute approximate surface area is 140 Å². The molecule has 0 heterocycles. The molecule has 0 aliphatic heterocycles. The second kappa shape index (κ2) is 6.74. The first kappa shape index (κ1) is 16.9. The highest BCUT2D eigenvalue weighted by Crippen LogP contribution is 2.28. The minimum absolute atomic E-state index is 0.00240. The standard InChI is InChI=1S/C15H11F2IO3S/c1-10-5-7-13(8-6-10)22(19,20)21-14(15(16)17)11-3-2-4-12(18)9-11/h2-9H,1H3. The van der Waals surface area contributed by atoms with Crippen LogP contribution in [0.4, 0.5) is 8.78 Å². The summed E-state index contributed by atoms with van der Waals surface area (Å²) in [6.07, 6.45) is -2.20. The molecular weight excluding hydrogens is 425 g/mol. The summed E-state index contributed by atoms with van der Waals surface area (Å²) in [4.78, 5) is -0.178. The molecule has 0 bridgehead atoms. The van der Waals surface area contributed by atoms with Gasteiger partial charge in [0.1, 0.15) is 4.90 Å². The monoisotopic (exact) mass is 436 g/mol. The van der Waals surface area contributed by atoms with Gasteiger partial charge in [-0.25, -0.2) is 0 Å². The molecule has 0 radical (unpaired) electrons. The van der Waals surface area contributed by atoms with E-state index in [1.54, 1.807) is 31.2 Å². The second-order valence-corrected chi connectivity index (χ2v) is 7.24. The maximum absolute atomic E-state index is 13.1. The zero-order valence-electron chi connectivity index (χ0n) is 11.4. The number of rotatable bonds is 4. The summed E-state index contributed by atoms with van der Waals surface area (Å²) in [5, 5.41) is 0. The summed E-state index contributed by atoms with van der Waals surface area (Å²) < 4.78 is 55.8. The molecule has 0 spiro atoms. The third-order valence-corrected chi connectivity index (χ3v) is 4.67. The molecule has 2 aromatic rings. The maximum atomic E-state index is 13.1. The number of halogens is 3. The van der Waals surface area contributed by atoms with E-state index in [1.807, 2.05) is 22.6 Å². The molecule has 3 nitrogen and oxygen atoms in total. The molecule has 0 saturated carbocycles. The van der Waals surface area contributed by atoms with Crippen molar-refractivity contribution in [1.29, 1.82) is 0 Å². The molecule has 0 unspecified atom stereocenters. The van der Waals surface area contributed by atoms with E-state index in [4.69, 9.17) is 0 Å². The first-order chi connectivity index (χ1) is 10.3. The molecule has 0 aliphatic rings. The molecule has 0 fully saturated rings. The van der Waals surface area contributed by atoms with Crippen molar-refractivity contribution >= 4 is 38.5 Å². The fraction of sp³-hybridized carbons (Fsp3) is 0.0667. The van der Waals surface area contributed by atoms with Crippen LogP contribution in [0, 0.1) is 10.5 Å². The molecular formula is C15H11F2IO3S. The van der Waals surface area contributed by atoms with Gasteiger partial charge >= 0.3 is 16.2 Å². The number of benzene rings is 2.